The first-order valence-electron chi connectivity index (χ1n) is 7.10. The van der Waals surface area contributed by atoms with E-state index >= 15 is 0 Å². The molecule has 1 aromatic heterocycles. The maximum absolute atomic E-state index is 10.6. The number of oxime groups is 1. The van der Waals surface area contributed by atoms with Crippen molar-refractivity contribution in [1.29, 1.82) is 0 Å². The van der Waals surface area contributed by atoms with Crippen molar-refractivity contribution in [2.24, 2.45) is 10.9 Å². The number of nitrogens with two attached hydrogens (primary N) is 1. The van der Waals surface area contributed by atoms with Gasteiger partial charge in [0.15, 0.2) is 6.10 Å². The molecule has 3 rings (SSSR count). The van der Waals surface area contributed by atoms with Gasteiger partial charge >= 0.3 is 6.09 Å². The highest BCUT2D eigenvalue weighted by molar-refractivity contribution is 5.88. The average Bonchev–Trinajstić information content (AvgIpc) is 3.23. The second-order valence-corrected chi connectivity index (χ2v) is 5.02. The van der Waals surface area contributed by atoms with Gasteiger partial charge in [-0.15, -0.1) is 0 Å². The van der Waals surface area contributed by atoms with Crippen molar-refractivity contribution >= 4 is 11.8 Å². The van der Waals surface area contributed by atoms with Gasteiger partial charge in [-0.1, -0.05) is 23.4 Å². The number of furan rings is 1. The standard InChI is InChI=1S/C16H16N2O5/c17-16(19)22-9-12-7-13(23-18-12)10-21-15-4-2-1-3-14(15)11-5-6-20-8-11/h1-6,8,13H,7,9-10H2,(H2,17,19). The number of benzene rings is 1. The van der Waals surface area contributed by atoms with Crippen LogP contribution in [-0.2, 0) is 9.57 Å². The predicted octanol–water partition coefficient (Wildman–Crippen LogP) is 2.57. The van der Waals surface area contributed by atoms with Crippen LogP contribution in [0.15, 0.2) is 52.4 Å². The van der Waals surface area contributed by atoms with Gasteiger partial charge in [-0.05, 0) is 12.1 Å². The van der Waals surface area contributed by atoms with Crippen molar-refractivity contribution in [2.75, 3.05) is 13.2 Å². The Morgan fingerprint density at radius 3 is 3.00 bits per heavy atom. The Morgan fingerprint density at radius 2 is 2.22 bits per heavy atom. The van der Waals surface area contributed by atoms with Crippen molar-refractivity contribution in [3.8, 4) is 16.9 Å². The molecule has 0 aliphatic carbocycles. The molecular formula is C16H16N2O5. The van der Waals surface area contributed by atoms with E-state index in [0.717, 1.165) is 16.9 Å². The van der Waals surface area contributed by atoms with Gasteiger partial charge in [0.05, 0.1) is 18.2 Å². The zero-order chi connectivity index (χ0) is 16.1. The largest absolute Gasteiger partial charge is 0.489 e. The molecular weight excluding hydrogens is 300 g/mol. The third kappa shape index (κ3) is 3.82. The number of carbonyl (C=O) groups excluding carboxylic acids is 1. The second kappa shape index (κ2) is 6.87. The van der Waals surface area contributed by atoms with Crippen molar-refractivity contribution < 1.29 is 23.5 Å². The number of nitrogens with zero attached hydrogens (tertiary/aromatic N) is 1. The third-order valence-corrected chi connectivity index (χ3v) is 3.32. The minimum absolute atomic E-state index is 0.0391. The predicted molar refractivity (Wildman–Crippen MR) is 82.1 cm³/mol. The molecule has 1 unspecified atom stereocenters. The number of hydrogen-bond donors (Lipinski definition) is 1. The van der Waals surface area contributed by atoms with Crippen LogP contribution in [0.5, 0.6) is 5.75 Å². The molecule has 0 saturated carbocycles. The minimum Gasteiger partial charge on any atom is -0.489 e. The molecule has 7 heteroatoms. The first-order chi connectivity index (χ1) is 11.2. The van der Waals surface area contributed by atoms with Crippen LogP contribution in [0.1, 0.15) is 6.42 Å². The molecule has 2 N–H and O–H groups in total. The second-order valence-electron chi connectivity index (χ2n) is 5.02. The van der Waals surface area contributed by atoms with E-state index in [4.69, 9.17) is 19.7 Å². The van der Waals surface area contributed by atoms with E-state index in [2.05, 4.69) is 9.89 Å². The summed E-state index contributed by atoms with van der Waals surface area (Å²) < 4.78 is 15.6. The fourth-order valence-corrected chi connectivity index (χ4v) is 2.25. The van der Waals surface area contributed by atoms with Crippen LogP contribution in [0.2, 0.25) is 0 Å². The van der Waals surface area contributed by atoms with E-state index in [1.807, 2.05) is 30.3 Å². The lowest BCUT2D eigenvalue weighted by Crippen LogP contribution is -2.21. The fraction of sp³-hybridized carbons (Fsp3) is 0.250. The number of para-hydroxylation sites is 1. The molecule has 1 aliphatic heterocycles. The van der Waals surface area contributed by atoms with Gasteiger partial charge in [-0.3, -0.25) is 0 Å². The highest BCUT2D eigenvalue weighted by atomic mass is 16.7. The lowest BCUT2D eigenvalue weighted by molar-refractivity contribution is 0.0472. The van der Waals surface area contributed by atoms with Gasteiger partial charge in [0.2, 0.25) is 0 Å². The maximum Gasteiger partial charge on any atom is 0.404 e. The summed E-state index contributed by atoms with van der Waals surface area (Å²) >= 11 is 0. The summed E-state index contributed by atoms with van der Waals surface area (Å²) in [5.74, 6) is 0.735. The molecule has 2 heterocycles. The van der Waals surface area contributed by atoms with Crippen LogP contribution in [0, 0.1) is 0 Å². The summed E-state index contributed by atoms with van der Waals surface area (Å²) in [6.07, 6.45) is 2.75. The smallest absolute Gasteiger partial charge is 0.404 e. The van der Waals surface area contributed by atoms with Crippen LogP contribution >= 0.6 is 0 Å². The zero-order valence-corrected chi connectivity index (χ0v) is 12.3. The van der Waals surface area contributed by atoms with Gasteiger partial charge in [-0.2, -0.15) is 0 Å². The first kappa shape index (κ1) is 15.0. The number of hydrogen-bond acceptors (Lipinski definition) is 6. The zero-order valence-electron chi connectivity index (χ0n) is 12.3. The van der Waals surface area contributed by atoms with Gasteiger partial charge in [0.25, 0.3) is 0 Å². The number of primary amides is 1. The molecule has 2 aromatic rings. The molecule has 1 aromatic carbocycles. The number of rotatable bonds is 6. The number of ether oxygens (including phenoxy) is 2. The van der Waals surface area contributed by atoms with Crippen LogP contribution < -0.4 is 10.5 Å². The molecule has 0 radical (unpaired) electrons. The SMILES string of the molecule is NC(=O)OCC1=NOC(COc2ccccc2-c2ccoc2)C1. The normalized spacial score (nSPS) is 16.5. The van der Waals surface area contributed by atoms with E-state index in [9.17, 15) is 4.79 Å². The highest BCUT2D eigenvalue weighted by Crippen LogP contribution is 2.30. The van der Waals surface area contributed by atoms with Gasteiger partial charge in [-0.25, -0.2) is 4.79 Å². The quantitative estimate of drug-likeness (QED) is 0.883. The Balaban J connectivity index is 1.55. The van der Waals surface area contributed by atoms with Crippen LogP contribution in [-0.4, -0.2) is 31.1 Å². The molecule has 0 saturated heterocycles. The summed E-state index contributed by atoms with van der Waals surface area (Å²) in [5.41, 5.74) is 7.43. The summed E-state index contributed by atoms with van der Waals surface area (Å²) in [6, 6.07) is 9.55. The molecule has 0 bridgehead atoms. The van der Waals surface area contributed by atoms with E-state index < -0.39 is 6.09 Å². The van der Waals surface area contributed by atoms with E-state index in [0.29, 0.717) is 18.7 Å². The third-order valence-electron chi connectivity index (χ3n) is 3.32. The van der Waals surface area contributed by atoms with Crippen molar-refractivity contribution in [3.05, 3.63) is 42.9 Å². The number of amides is 1. The Hall–Kier alpha value is -2.96. The van der Waals surface area contributed by atoms with E-state index in [1.54, 1.807) is 12.5 Å². The van der Waals surface area contributed by atoms with E-state index in [1.165, 1.54) is 0 Å². The maximum atomic E-state index is 10.6. The van der Waals surface area contributed by atoms with Crippen molar-refractivity contribution in [1.82, 2.24) is 0 Å². The highest BCUT2D eigenvalue weighted by Gasteiger charge is 2.23. The Morgan fingerprint density at radius 1 is 1.35 bits per heavy atom. The summed E-state index contributed by atoms with van der Waals surface area (Å²) in [4.78, 5) is 15.8. The Bertz CT molecular complexity index is 696. The van der Waals surface area contributed by atoms with Crippen LogP contribution in [0.25, 0.3) is 11.1 Å². The van der Waals surface area contributed by atoms with Gasteiger partial charge in [0.1, 0.15) is 19.0 Å². The molecule has 7 nitrogen and oxygen atoms in total. The Kier molecular flexibility index (Phi) is 4.46. The van der Waals surface area contributed by atoms with Gasteiger partial charge < -0.3 is 24.5 Å². The summed E-state index contributed by atoms with van der Waals surface area (Å²) in [5, 5.41) is 3.86. The molecule has 1 atom stereocenters. The van der Waals surface area contributed by atoms with Crippen molar-refractivity contribution in [3.63, 3.8) is 0 Å². The molecule has 1 aliphatic rings. The molecule has 120 valence electrons. The lowest BCUT2D eigenvalue weighted by atomic mass is 10.1. The topological polar surface area (TPSA) is 96.3 Å². The van der Waals surface area contributed by atoms with Crippen LogP contribution in [0.3, 0.4) is 0 Å². The molecule has 23 heavy (non-hydrogen) atoms. The first-order valence-corrected chi connectivity index (χ1v) is 7.10. The average molecular weight is 316 g/mol. The fourth-order valence-electron chi connectivity index (χ4n) is 2.25. The summed E-state index contributed by atoms with van der Waals surface area (Å²) in [6.45, 7) is 0.371. The van der Waals surface area contributed by atoms with Crippen molar-refractivity contribution in [2.45, 2.75) is 12.5 Å². The van der Waals surface area contributed by atoms with Gasteiger partial charge in [0, 0.05) is 17.5 Å². The molecule has 0 fully saturated rings. The number of carbonyl (C=O) groups is 1. The lowest BCUT2D eigenvalue weighted by Gasteiger charge is -2.13. The monoisotopic (exact) mass is 316 g/mol. The van der Waals surface area contributed by atoms with Crippen LogP contribution in [0.4, 0.5) is 4.79 Å². The minimum atomic E-state index is -0.832. The molecule has 1 amide bonds. The van der Waals surface area contributed by atoms with E-state index in [-0.39, 0.29) is 12.7 Å². The summed E-state index contributed by atoms with van der Waals surface area (Å²) in [7, 11) is 0. The molecule has 0 spiro atoms. The Labute approximate surface area is 132 Å².